The number of benzene rings is 1. The largest absolute Gasteiger partial charge is 0.573 e. The Bertz CT molecular complexity index is 1240. The van der Waals surface area contributed by atoms with Crippen LogP contribution in [-0.2, 0) is 16.1 Å². The molecule has 0 aliphatic heterocycles. The van der Waals surface area contributed by atoms with Crippen LogP contribution in [0.25, 0.3) is 11.3 Å². The second-order valence-electron chi connectivity index (χ2n) is 7.37. The van der Waals surface area contributed by atoms with Crippen LogP contribution in [0.4, 0.5) is 13.2 Å². The van der Waals surface area contributed by atoms with E-state index in [0.717, 1.165) is 5.69 Å². The van der Waals surface area contributed by atoms with Gasteiger partial charge in [0.15, 0.2) is 4.80 Å². The van der Waals surface area contributed by atoms with Crippen molar-refractivity contribution in [2.45, 2.75) is 26.3 Å². The average Bonchev–Trinajstić information content (AvgIpc) is 3.18. The van der Waals surface area contributed by atoms with Gasteiger partial charge in [0.2, 0.25) is 5.91 Å². The summed E-state index contributed by atoms with van der Waals surface area (Å²) in [7, 11) is 1.41. The number of rotatable bonds is 9. The van der Waals surface area contributed by atoms with Gasteiger partial charge in [-0.25, -0.2) is 0 Å². The Morgan fingerprint density at radius 1 is 1.23 bits per heavy atom. The Morgan fingerprint density at radius 2 is 2.03 bits per heavy atom. The summed E-state index contributed by atoms with van der Waals surface area (Å²) in [6.45, 7) is 2.40. The van der Waals surface area contributed by atoms with Gasteiger partial charge in [0, 0.05) is 43.0 Å². The number of nitrogens with one attached hydrogen (secondary N) is 1. The van der Waals surface area contributed by atoms with Crippen molar-refractivity contribution in [1.29, 1.82) is 0 Å². The van der Waals surface area contributed by atoms with Gasteiger partial charge in [0.25, 0.3) is 5.91 Å². The number of aryl methyl sites for hydroxylation is 1. The van der Waals surface area contributed by atoms with Crippen LogP contribution in [0.3, 0.4) is 0 Å². The molecule has 2 amide bonds. The summed E-state index contributed by atoms with van der Waals surface area (Å²) in [5.41, 5.74) is 2.08. The molecule has 0 fully saturated rings. The summed E-state index contributed by atoms with van der Waals surface area (Å²) in [5.74, 6) is -1.13. The zero-order valence-electron chi connectivity index (χ0n) is 19.0. The lowest BCUT2D eigenvalue weighted by atomic mass is 10.1. The Kier molecular flexibility index (Phi) is 8.77. The van der Waals surface area contributed by atoms with E-state index in [2.05, 4.69) is 20.0 Å². The number of hydrogen-bond acceptors (Lipinski definition) is 6. The lowest BCUT2D eigenvalue weighted by molar-refractivity contribution is -0.274. The van der Waals surface area contributed by atoms with Crippen LogP contribution >= 0.6 is 11.3 Å². The first kappa shape index (κ1) is 26.1. The predicted octanol–water partition coefficient (Wildman–Crippen LogP) is 3.71. The fraction of sp³-hybridized carbons (Fsp3) is 0.304. The summed E-state index contributed by atoms with van der Waals surface area (Å²) in [6.07, 6.45) is -2.91. The van der Waals surface area contributed by atoms with E-state index in [1.54, 1.807) is 35.1 Å². The highest BCUT2D eigenvalue weighted by Crippen LogP contribution is 2.28. The molecule has 12 heteroatoms. The summed E-state index contributed by atoms with van der Waals surface area (Å²) in [5, 5.41) is 4.41. The lowest BCUT2D eigenvalue weighted by Gasteiger charge is -2.12. The number of thiazole rings is 1. The van der Waals surface area contributed by atoms with Crippen molar-refractivity contribution in [1.82, 2.24) is 14.9 Å². The maximum atomic E-state index is 12.7. The molecule has 1 aromatic carbocycles. The van der Waals surface area contributed by atoms with Gasteiger partial charge in [0.1, 0.15) is 12.4 Å². The molecule has 3 rings (SSSR count). The second-order valence-corrected chi connectivity index (χ2v) is 8.21. The van der Waals surface area contributed by atoms with E-state index in [4.69, 9.17) is 4.74 Å². The van der Waals surface area contributed by atoms with Crippen molar-refractivity contribution in [3.63, 3.8) is 0 Å². The number of alkyl halides is 3. The third-order valence-electron chi connectivity index (χ3n) is 4.67. The van der Waals surface area contributed by atoms with Crippen LogP contribution in [-0.4, -0.2) is 48.0 Å². The van der Waals surface area contributed by atoms with E-state index in [1.807, 2.05) is 0 Å². The Labute approximate surface area is 203 Å². The number of carbonyl (C=O) groups is 2. The summed E-state index contributed by atoms with van der Waals surface area (Å²) in [4.78, 5) is 33.0. The van der Waals surface area contributed by atoms with Crippen molar-refractivity contribution < 1.29 is 32.2 Å². The molecule has 0 radical (unpaired) electrons. The molecule has 0 aliphatic rings. The zero-order valence-corrected chi connectivity index (χ0v) is 19.8. The van der Waals surface area contributed by atoms with Crippen LogP contribution < -0.4 is 14.9 Å². The minimum absolute atomic E-state index is 0.0670. The summed E-state index contributed by atoms with van der Waals surface area (Å²) in [6, 6.07) is 8.88. The maximum absolute atomic E-state index is 12.7. The molecule has 0 atom stereocenters. The molecule has 8 nitrogen and oxygen atoms in total. The molecular weight excluding hydrogens is 485 g/mol. The number of halogens is 3. The molecule has 186 valence electrons. The Morgan fingerprint density at radius 3 is 2.71 bits per heavy atom. The van der Waals surface area contributed by atoms with E-state index in [0.29, 0.717) is 41.1 Å². The number of aromatic nitrogens is 2. The average molecular weight is 509 g/mol. The molecule has 0 unspecified atom stereocenters. The molecule has 1 N–H and O–H groups in total. The van der Waals surface area contributed by atoms with E-state index < -0.39 is 12.3 Å². The first-order valence-electron chi connectivity index (χ1n) is 10.5. The SMILES string of the molecule is COCC(=O)NCCCn1c(-c2cccc(OC(F)(F)F)c2)csc1=NC(=O)c1ccc(C)nc1. The van der Waals surface area contributed by atoms with Gasteiger partial charge >= 0.3 is 6.36 Å². The minimum atomic E-state index is -4.82. The third kappa shape index (κ3) is 7.76. The monoisotopic (exact) mass is 508 g/mol. The molecule has 0 spiro atoms. The first-order valence-corrected chi connectivity index (χ1v) is 11.4. The van der Waals surface area contributed by atoms with Crippen LogP contribution in [0, 0.1) is 6.92 Å². The molecule has 0 saturated heterocycles. The molecule has 35 heavy (non-hydrogen) atoms. The minimum Gasteiger partial charge on any atom is -0.406 e. The predicted molar refractivity (Wildman–Crippen MR) is 123 cm³/mol. The van der Waals surface area contributed by atoms with Gasteiger partial charge in [-0.1, -0.05) is 12.1 Å². The van der Waals surface area contributed by atoms with Crippen molar-refractivity contribution in [3.05, 3.63) is 64.0 Å². The topological polar surface area (TPSA) is 94.8 Å². The number of pyridine rings is 1. The van der Waals surface area contributed by atoms with E-state index in [1.165, 1.54) is 42.8 Å². The molecule has 0 saturated carbocycles. The molecule has 0 bridgehead atoms. The summed E-state index contributed by atoms with van der Waals surface area (Å²) >= 11 is 1.17. The van der Waals surface area contributed by atoms with E-state index in [-0.39, 0.29) is 18.3 Å². The fourth-order valence-corrected chi connectivity index (χ4v) is 4.04. The number of ether oxygens (including phenoxy) is 2. The zero-order chi connectivity index (χ0) is 25.4. The van der Waals surface area contributed by atoms with Crippen LogP contribution in [0.2, 0.25) is 0 Å². The van der Waals surface area contributed by atoms with Crippen molar-refractivity contribution in [2.75, 3.05) is 20.3 Å². The standard InChI is InChI=1S/C23H23F3N4O4S/c1-15-7-8-17(12-28-15)21(32)29-22-30(10-4-9-27-20(31)13-33-2)19(14-35-22)16-5-3-6-18(11-16)34-23(24,25)26/h3,5-8,11-12,14H,4,9-10,13H2,1-2H3,(H,27,31). The van der Waals surface area contributed by atoms with Gasteiger partial charge in [-0.15, -0.1) is 24.5 Å². The van der Waals surface area contributed by atoms with Crippen LogP contribution in [0.15, 0.2) is 53.0 Å². The number of nitrogens with zero attached hydrogens (tertiary/aromatic N) is 3. The molecule has 2 heterocycles. The van der Waals surface area contributed by atoms with Crippen LogP contribution in [0.1, 0.15) is 22.5 Å². The Hall–Kier alpha value is -3.51. The number of amides is 2. The van der Waals surface area contributed by atoms with E-state index >= 15 is 0 Å². The Balaban J connectivity index is 1.92. The van der Waals surface area contributed by atoms with Crippen LogP contribution in [0.5, 0.6) is 5.75 Å². The fourth-order valence-electron chi connectivity index (χ4n) is 3.11. The quantitative estimate of drug-likeness (QED) is 0.445. The van der Waals surface area contributed by atoms with Crippen molar-refractivity contribution in [2.24, 2.45) is 4.99 Å². The van der Waals surface area contributed by atoms with Crippen molar-refractivity contribution in [3.8, 4) is 17.0 Å². The molecule has 3 aromatic rings. The van der Waals surface area contributed by atoms with Crippen molar-refractivity contribution >= 4 is 23.2 Å². The molecular formula is C23H23F3N4O4S. The van der Waals surface area contributed by atoms with Gasteiger partial charge in [0.05, 0.1) is 11.3 Å². The highest BCUT2D eigenvalue weighted by atomic mass is 32.1. The summed E-state index contributed by atoms with van der Waals surface area (Å²) < 4.78 is 48.6. The van der Waals surface area contributed by atoms with E-state index in [9.17, 15) is 22.8 Å². The van der Waals surface area contributed by atoms with Gasteiger partial charge < -0.3 is 19.4 Å². The molecule has 2 aromatic heterocycles. The maximum Gasteiger partial charge on any atom is 0.573 e. The van der Waals surface area contributed by atoms with Gasteiger partial charge in [-0.3, -0.25) is 14.6 Å². The highest BCUT2D eigenvalue weighted by molar-refractivity contribution is 7.07. The molecule has 0 aliphatic carbocycles. The second kappa shape index (κ2) is 11.8. The smallest absolute Gasteiger partial charge is 0.406 e. The first-order chi connectivity index (χ1) is 16.7. The lowest BCUT2D eigenvalue weighted by Crippen LogP contribution is -2.29. The normalized spacial score (nSPS) is 12.0. The number of hydrogen-bond donors (Lipinski definition) is 1. The van der Waals surface area contributed by atoms with Gasteiger partial charge in [-0.05, 0) is 37.6 Å². The highest BCUT2D eigenvalue weighted by Gasteiger charge is 2.31. The van der Waals surface area contributed by atoms with Gasteiger partial charge in [-0.2, -0.15) is 4.99 Å². The third-order valence-corrected chi connectivity index (χ3v) is 5.54. The number of methoxy groups -OCH3 is 1. The number of carbonyl (C=O) groups excluding carboxylic acids is 2.